The van der Waals surface area contributed by atoms with Crippen molar-refractivity contribution in [2.45, 2.75) is 12.6 Å². The van der Waals surface area contributed by atoms with Crippen LogP contribution in [0.25, 0.3) is 0 Å². The van der Waals surface area contributed by atoms with E-state index in [4.69, 9.17) is 4.74 Å². The second kappa shape index (κ2) is 9.92. The molecule has 0 radical (unpaired) electrons. The molecular weight excluding hydrogens is 419 g/mol. The summed E-state index contributed by atoms with van der Waals surface area (Å²) < 4.78 is 9.49. The number of amides is 1. The minimum absolute atomic E-state index is 0.0824. The van der Waals surface area contributed by atoms with Crippen LogP contribution in [0.5, 0.6) is 0 Å². The molecule has 5 nitrogen and oxygen atoms in total. The van der Waals surface area contributed by atoms with Gasteiger partial charge in [-0.05, 0) is 37.1 Å². The third-order valence-electron chi connectivity index (χ3n) is 3.22. The van der Waals surface area contributed by atoms with Crippen LogP contribution in [0.15, 0.2) is 63.8 Å². The zero-order chi connectivity index (χ0) is 17.2. The predicted molar refractivity (Wildman–Crippen MR) is 101 cm³/mol. The Morgan fingerprint density at radius 2 is 1.71 bits per heavy atom. The van der Waals surface area contributed by atoms with E-state index in [0.717, 1.165) is 5.56 Å². The topological polar surface area (TPSA) is 67.8 Å². The van der Waals surface area contributed by atoms with Gasteiger partial charge in [-0.2, -0.15) is 0 Å². The average Bonchev–Trinajstić information content (AvgIpc) is 2.64. The Morgan fingerprint density at radius 3 is 2.33 bits per heavy atom. The van der Waals surface area contributed by atoms with E-state index in [9.17, 15) is 9.59 Å². The van der Waals surface area contributed by atoms with Crippen molar-refractivity contribution in [1.29, 1.82) is 0 Å². The number of alkyl halides is 1. The molecule has 0 bridgehead atoms. The minimum Gasteiger partial charge on any atom is -0.459 e. The van der Waals surface area contributed by atoms with Crippen LogP contribution in [-0.2, 0) is 20.9 Å². The molecule has 2 aromatic carbocycles. The first-order valence-electron chi connectivity index (χ1n) is 7.41. The predicted octanol–water partition coefficient (Wildman–Crippen LogP) is 3.37. The first-order chi connectivity index (χ1) is 11.7. The minimum atomic E-state index is -0.826. The molecule has 0 heterocycles. The molecule has 0 saturated carbocycles. The van der Waals surface area contributed by atoms with Gasteiger partial charge in [-0.25, -0.2) is 4.79 Å². The zero-order valence-corrected chi connectivity index (χ0v) is 15.5. The van der Waals surface area contributed by atoms with Crippen molar-refractivity contribution in [3.8, 4) is 0 Å². The van der Waals surface area contributed by atoms with Crippen molar-refractivity contribution >= 4 is 32.9 Å². The molecule has 6 heteroatoms. The van der Waals surface area contributed by atoms with E-state index in [1.54, 1.807) is 12.1 Å². The van der Waals surface area contributed by atoms with Gasteiger partial charge < -0.3 is 10.1 Å². The maximum absolute atomic E-state index is 12.5. The molecule has 0 spiro atoms. The van der Waals surface area contributed by atoms with Gasteiger partial charge in [0.2, 0.25) is 5.91 Å². The quantitative estimate of drug-likeness (QED) is 0.410. The monoisotopic (exact) mass is 438 g/mol. The third kappa shape index (κ3) is 5.84. The number of carbonyl (C=O) groups is 2. The molecule has 126 valence electrons. The summed E-state index contributed by atoms with van der Waals surface area (Å²) in [5, 5.41) is 2.71. The number of nitrogens with zero attached hydrogens (tertiary/aromatic N) is 1. The molecule has 0 aliphatic heterocycles. The van der Waals surface area contributed by atoms with Gasteiger partial charge in [0.25, 0.3) is 0 Å². The molecule has 24 heavy (non-hydrogen) atoms. The lowest BCUT2D eigenvalue weighted by molar-refractivity contribution is -0.149. The van der Waals surface area contributed by atoms with E-state index in [2.05, 4.69) is 8.46 Å². The summed E-state index contributed by atoms with van der Waals surface area (Å²) in [4.78, 5) is 26.4. The number of hydrogen-bond acceptors (Lipinski definition) is 4. The largest absolute Gasteiger partial charge is 0.459 e. The molecule has 0 aliphatic rings. The number of ether oxygens (including phenoxy) is 1. The number of nitrogens with one attached hydrogen (secondary N) is 1. The normalized spacial score (nSPS) is 12.2. The molecule has 1 amide bonds. The van der Waals surface area contributed by atoms with E-state index in [-0.39, 0.29) is 40.1 Å². The van der Waals surface area contributed by atoms with Gasteiger partial charge >= 0.3 is 5.97 Å². The fourth-order valence-corrected chi connectivity index (χ4v) is 2.71. The summed E-state index contributed by atoms with van der Waals surface area (Å²) in [6.45, 7) is 0.253. The van der Waals surface area contributed by atoms with Crippen LogP contribution in [0.1, 0.15) is 17.2 Å². The average molecular weight is 438 g/mol. The van der Waals surface area contributed by atoms with E-state index in [1.165, 1.54) is 0 Å². The summed E-state index contributed by atoms with van der Waals surface area (Å²) in [6, 6.07) is 17.7. The number of hydrogen-bond donors (Lipinski definition) is 1. The Morgan fingerprint density at radius 1 is 1.08 bits per heavy atom. The lowest BCUT2D eigenvalue weighted by atomic mass is 10.1. The van der Waals surface area contributed by atoms with Crippen molar-refractivity contribution in [3.05, 3.63) is 71.8 Å². The van der Waals surface area contributed by atoms with Crippen LogP contribution in [0.2, 0.25) is 0 Å². The van der Waals surface area contributed by atoms with Gasteiger partial charge in [-0.1, -0.05) is 60.7 Å². The van der Waals surface area contributed by atoms with Gasteiger partial charge in [0.05, 0.1) is 0 Å². The highest BCUT2D eigenvalue weighted by atomic mass is 127. The first kappa shape index (κ1) is 18.3. The number of halogens is 1. The summed E-state index contributed by atoms with van der Waals surface area (Å²) in [6.07, 6.45) is 0. The van der Waals surface area contributed by atoms with Crippen LogP contribution in [0, 0.1) is 0 Å². The number of benzene rings is 2. The van der Waals surface area contributed by atoms with E-state index in [1.807, 2.05) is 53.5 Å². The molecule has 0 saturated heterocycles. The zero-order valence-electron chi connectivity index (χ0n) is 13.3. The highest BCUT2D eigenvalue weighted by Crippen LogP contribution is 2.15. The molecule has 2 rings (SSSR count). The van der Waals surface area contributed by atoms with Gasteiger partial charge in [0, 0.05) is 0 Å². The standard InChI is InChI=1S/C18H19IN2O3/c1-19-20-12-16(22)21-17(15-10-6-3-7-11-15)18(23)24-13-14-8-4-2-5-9-14/h2-11,17H,12-13H2,1H3,(H,21,22)/t17-/m0/s1. The number of esters is 1. The Kier molecular flexibility index (Phi) is 7.54. The third-order valence-corrected chi connectivity index (χ3v) is 4.24. The summed E-state index contributed by atoms with van der Waals surface area (Å²) in [5.74, 6) is -0.758. The maximum atomic E-state index is 12.5. The van der Waals surface area contributed by atoms with Crippen LogP contribution >= 0.6 is 21.0 Å². The van der Waals surface area contributed by atoms with Crippen molar-refractivity contribution in [1.82, 2.24) is 5.32 Å². The van der Waals surface area contributed by atoms with Crippen LogP contribution in [0.3, 0.4) is 0 Å². The Bertz CT molecular complexity index is 690. The second-order valence-corrected chi connectivity index (χ2v) is 6.60. The fourth-order valence-electron chi connectivity index (χ4n) is 2.06. The molecule has 0 unspecified atom stereocenters. The van der Waals surface area contributed by atoms with Crippen molar-refractivity contribution in [2.24, 2.45) is 3.15 Å². The van der Waals surface area contributed by atoms with Gasteiger partial charge in [-0.15, -0.1) is 0 Å². The smallest absolute Gasteiger partial charge is 0.333 e. The van der Waals surface area contributed by atoms with Crippen molar-refractivity contribution in [3.63, 3.8) is 0 Å². The Balaban J connectivity index is 2.06. The van der Waals surface area contributed by atoms with Crippen LogP contribution in [-0.4, -0.2) is 23.4 Å². The van der Waals surface area contributed by atoms with E-state index in [0.29, 0.717) is 5.56 Å². The lowest BCUT2D eigenvalue weighted by Crippen LogP contribution is -2.36. The molecule has 1 atom stereocenters. The number of carbonyl (C=O) groups excluding carboxylic acids is 2. The van der Waals surface area contributed by atoms with E-state index < -0.39 is 12.0 Å². The molecule has 0 aromatic heterocycles. The summed E-state index contributed by atoms with van der Waals surface area (Å²) in [7, 11) is 0. The highest BCUT2D eigenvalue weighted by molar-refractivity contribution is 14.2. The SMILES string of the molecule is CI=NCC(=O)N[C@H](C(=O)OCc1ccccc1)c1ccccc1. The molecular formula is C18H19IN2O3. The molecule has 0 aliphatic carbocycles. The van der Waals surface area contributed by atoms with Crippen LogP contribution < -0.4 is 5.32 Å². The Labute approximate surface area is 151 Å². The lowest BCUT2D eigenvalue weighted by Gasteiger charge is -2.17. The maximum Gasteiger partial charge on any atom is 0.333 e. The summed E-state index contributed by atoms with van der Waals surface area (Å²) in [5.41, 5.74) is 1.59. The number of rotatable bonds is 7. The summed E-state index contributed by atoms with van der Waals surface area (Å²) >= 11 is -0.313. The van der Waals surface area contributed by atoms with Crippen molar-refractivity contribution in [2.75, 3.05) is 11.5 Å². The first-order valence-corrected chi connectivity index (χ1v) is 10.5. The van der Waals surface area contributed by atoms with Gasteiger partial charge in [0.15, 0.2) is 6.04 Å². The molecule has 2 aromatic rings. The van der Waals surface area contributed by atoms with Gasteiger partial charge in [-0.3, -0.25) is 7.94 Å². The van der Waals surface area contributed by atoms with Gasteiger partial charge in [0.1, 0.15) is 13.2 Å². The van der Waals surface area contributed by atoms with E-state index >= 15 is 0 Å². The fraction of sp³-hybridized carbons (Fsp3) is 0.222. The molecule has 1 N–H and O–H groups in total. The Hall–Kier alpha value is -2.09. The van der Waals surface area contributed by atoms with Crippen molar-refractivity contribution < 1.29 is 14.3 Å². The molecule has 0 fully saturated rings. The highest BCUT2D eigenvalue weighted by Gasteiger charge is 2.24. The van der Waals surface area contributed by atoms with Crippen LogP contribution in [0.4, 0.5) is 0 Å². The second-order valence-electron chi connectivity index (χ2n) is 4.95.